The van der Waals surface area contributed by atoms with Crippen LogP contribution in [0.15, 0.2) is 16.5 Å². The lowest BCUT2D eigenvalue weighted by Crippen LogP contribution is -2.48. The Morgan fingerprint density at radius 3 is 3.00 bits per heavy atom. The highest BCUT2D eigenvalue weighted by atomic mass is 16.5. The van der Waals surface area contributed by atoms with Crippen LogP contribution < -0.4 is 0 Å². The molecule has 0 unspecified atom stereocenters. The van der Waals surface area contributed by atoms with E-state index in [2.05, 4.69) is 0 Å². The number of urea groups is 1. The van der Waals surface area contributed by atoms with Crippen LogP contribution >= 0.6 is 0 Å². The summed E-state index contributed by atoms with van der Waals surface area (Å²) in [5.41, 5.74) is 0. The number of amides is 2. The molecule has 0 aromatic carbocycles. The Hall–Kier alpha value is -1.53. The molecule has 1 aromatic heterocycles. The molecular formula is C15H24N2O4. The van der Waals surface area contributed by atoms with Crippen LogP contribution in [-0.2, 0) is 9.47 Å². The standard InChI is InChI=1S/C15H24N2O4/c1-12-5-6-13(21-12)14-11-17(8-10-20-14)15(18)16(2)7-4-9-19-3/h5-6,14H,4,7-11H2,1-3H3/t14-/m1/s1. The normalized spacial score (nSPS) is 18.8. The second-order valence-corrected chi connectivity index (χ2v) is 5.30. The molecule has 6 heteroatoms. The fraction of sp³-hybridized carbons (Fsp3) is 0.667. The molecule has 0 saturated carbocycles. The molecule has 2 amide bonds. The Labute approximate surface area is 125 Å². The summed E-state index contributed by atoms with van der Waals surface area (Å²) < 4.78 is 16.3. The lowest BCUT2D eigenvalue weighted by Gasteiger charge is -2.34. The minimum absolute atomic E-state index is 0.0303. The Bertz CT molecular complexity index is 460. The molecule has 0 spiro atoms. The van der Waals surface area contributed by atoms with E-state index in [1.807, 2.05) is 31.0 Å². The number of ether oxygens (including phenoxy) is 2. The maximum Gasteiger partial charge on any atom is 0.319 e. The summed E-state index contributed by atoms with van der Waals surface area (Å²) in [6.45, 7) is 4.93. The fourth-order valence-corrected chi connectivity index (χ4v) is 2.40. The topological polar surface area (TPSA) is 55.2 Å². The summed E-state index contributed by atoms with van der Waals surface area (Å²) in [7, 11) is 3.49. The number of methoxy groups -OCH3 is 1. The van der Waals surface area contributed by atoms with E-state index < -0.39 is 0 Å². The number of rotatable bonds is 5. The van der Waals surface area contributed by atoms with Gasteiger partial charge in [-0.1, -0.05) is 0 Å². The van der Waals surface area contributed by atoms with E-state index in [4.69, 9.17) is 13.9 Å². The summed E-state index contributed by atoms with van der Waals surface area (Å²) in [4.78, 5) is 15.9. The zero-order valence-corrected chi connectivity index (χ0v) is 13.0. The van der Waals surface area contributed by atoms with Crippen molar-refractivity contribution >= 4 is 6.03 Å². The maximum absolute atomic E-state index is 12.4. The van der Waals surface area contributed by atoms with Gasteiger partial charge in [-0.05, 0) is 25.5 Å². The summed E-state index contributed by atoms with van der Waals surface area (Å²) in [6.07, 6.45) is 0.660. The number of carbonyl (C=O) groups excluding carboxylic acids is 1. The molecule has 118 valence electrons. The van der Waals surface area contributed by atoms with E-state index in [0.29, 0.717) is 32.8 Å². The van der Waals surface area contributed by atoms with Crippen molar-refractivity contribution in [3.05, 3.63) is 23.7 Å². The minimum atomic E-state index is -0.177. The third kappa shape index (κ3) is 4.22. The Kier molecular flexibility index (Phi) is 5.64. The van der Waals surface area contributed by atoms with E-state index in [1.165, 1.54) is 0 Å². The molecular weight excluding hydrogens is 272 g/mol. The molecule has 1 atom stereocenters. The molecule has 1 aliphatic rings. The van der Waals surface area contributed by atoms with Crippen molar-refractivity contribution in [2.24, 2.45) is 0 Å². The first-order valence-corrected chi connectivity index (χ1v) is 7.28. The highest BCUT2D eigenvalue weighted by Gasteiger charge is 2.28. The number of furan rings is 1. The molecule has 1 saturated heterocycles. The summed E-state index contributed by atoms with van der Waals surface area (Å²) in [6, 6.07) is 3.86. The second kappa shape index (κ2) is 7.47. The largest absolute Gasteiger partial charge is 0.464 e. The van der Waals surface area contributed by atoms with Crippen molar-refractivity contribution in [2.45, 2.75) is 19.4 Å². The van der Waals surface area contributed by atoms with Gasteiger partial charge < -0.3 is 23.7 Å². The van der Waals surface area contributed by atoms with Crippen molar-refractivity contribution in [2.75, 3.05) is 47.0 Å². The van der Waals surface area contributed by atoms with Gasteiger partial charge in [-0.3, -0.25) is 0 Å². The quantitative estimate of drug-likeness (QED) is 0.780. The van der Waals surface area contributed by atoms with Crippen molar-refractivity contribution in [1.82, 2.24) is 9.80 Å². The molecule has 21 heavy (non-hydrogen) atoms. The Morgan fingerprint density at radius 1 is 1.52 bits per heavy atom. The Balaban J connectivity index is 1.89. The molecule has 1 fully saturated rings. The molecule has 0 bridgehead atoms. The van der Waals surface area contributed by atoms with Crippen molar-refractivity contribution < 1.29 is 18.7 Å². The number of aryl methyl sites for hydroxylation is 1. The molecule has 6 nitrogen and oxygen atoms in total. The van der Waals surface area contributed by atoms with Gasteiger partial charge in [0, 0.05) is 33.9 Å². The van der Waals surface area contributed by atoms with E-state index in [9.17, 15) is 4.79 Å². The lowest BCUT2D eigenvalue weighted by molar-refractivity contribution is -0.0302. The molecule has 2 rings (SSSR count). The summed E-state index contributed by atoms with van der Waals surface area (Å²) in [5, 5.41) is 0. The van der Waals surface area contributed by atoms with Gasteiger partial charge in [0.2, 0.25) is 0 Å². The SMILES string of the molecule is COCCCN(C)C(=O)N1CCO[C@@H](c2ccc(C)o2)C1. The third-order valence-corrected chi connectivity index (χ3v) is 3.58. The minimum Gasteiger partial charge on any atom is -0.464 e. The predicted octanol–water partition coefficient (Wildman–Crippen LogP) is 2.05. The number of hydrogen-bond donors (Lipinski definition) is 0. The van der Waals surface area contributed by atoms with Crippen molar-refractivity contribution in [3.8, 4) is 0 Å². The number of hydrogen-bond acceptors (Lipinski definition) is 4. The van der Waals surface area contributed by atoms with E-state index in [-0.39, 0.29) is 12.1 Å². The highest BCUT2D eigenvalue weighted by molar-refractivity contribution is 5.74. The van der Waals surface area contributed by atoms with Gasteiger partial charge >= 0.3 is 6.03 Å². The van der Waals surface area contributed by atoms with Gasteiger partial charge in [0.05, 0.1) is 13.2 Å². The van der Waals surface area contributed by atoms with Gasteiger partial charge in [0.1, 0.15) is 17.6 Å². The van der Waals surface area contributed by atoms with Crippen LogP contribution in [0.5, 0.6) is 0 Å². The first-order valence-electron chi connectivity index (χ1n) is 7.28. The average molecular weight is 296 g/mol. The molecule has 0 N–H and O–H groups in total. The zero-order chi connectivity index (χ0) is 15.2. The van der Waals surface area contributed by atoms with Gasteiger partial charge in [-0.25, -0.2) is 4.79 Å². The van der Waals surface area contributed by atoms with Gasteiger partial charge in [0.15, 0.2) is 0 Å². The summed E-state index contributed by atoms with van der Waals surface area (Å²) in [5.74, 6) is 1.64. The first-order chi connectivity index (χ1) is 10.1. The van der Waals surface area contributed by atoms with E-state index in [1.54, 1.807) is 12.0 Å². The molecule has 0 radical (unpaired) electrons. The lowest BCUT2D eigenvalue weighted by atomic mass is 10.2. The highest BCUT2D eigenvalue weighted by Crippen LogP contribution is 2.24. The average Bonchev–Trinajstić information content (AvgIpc) is 2.93. The zero-order valence-electron chi connectivity index (χ0n) is 13.0. The predicted molar refractivity (Wildman–Crippen MR) is 78.2 cm³/mol. The van der Waals surface area contributed by atoms with E-state index in [0.717, 1.165) is 17.9 Å². The van der Waals surface area contributed by atoms with Crippen LogP contribution in [0, 0.1) is 6.92 Å². The van der Waals surface area contributed by atoms with Crippen LogP contribution in [0.3, 0.4) is 0 Å². The van der Waals surface area contributed by atoms with Crippen LogP contribution in [0.25, 0.3) is 0 Å². The van der Waals surface area contributed by atoms with Crippen LogP contribution in [0.1, 0.15) is 24.0 Å². The van der Waals surface area contributed by atoms with Crippen LogP contribution in [-0.4, -0.2) is 62.8 Å². The summed E-state index contributed by atoms with van der Waals surface area (Å²) >= 11 is 0. The number of nitrogens with zero attached hydrogens (tertiary/aromatic N) is 2. The fourth-order valence-electron chi connectivity index (χ4n) is 2.40. The second-order valence-electron chi connectivity index (χ2n) is 5.30. The van der Waals surface area contributed by atoms with Crippen LogP contribution in [0.2, 0.25) is 0 Å². The van der Waals surface area contributed by atoms with E-state index >= 15 is 0 Å². The van der Waals surface area contributed by atoms with Crippen molar-refractivity contribution in [3.63, 3.8) is 0 Å². The van der Waals surface area contributed by atoms with Gasteiger partial charge in [-0.2, -0.15) is 0 Å². The molecule has 1 aliphatic heterocycles. The van der Waals surface area contributed by atoms with Crippen molar-refractivity contribution in [1.29, 1.82) is 0 Å². The van der Waals surface area contributed by atoms with Crippen LogP contribution in [0.4, 0.5) is 4.79 Å². The third-order valence-electron chi connectivity index (χ3n) is 3.58. The maximum atomic E-state index is 12.4. The van der Waals surface area contributed by atoms with Gasteiger partial charge in [0.25, 0.3) is 0 Å². The smallest absolute Gasteiger partial charge is 0.319 e. The Morgan fingerprint density at radius 2 is 2.33 bits per heavy atom. The van der Waals surface area contributed by atoms with Gasteiger partial charge in [-0.15, -0.1) is 0 Å². The first kappa shape index (κ1) is 15.9. The number of carbonyl (C=O) groups is 1. The monoisotopic (exact) mass is 296 g/mol. The number of morpholine rings is 1. The molecule has 1 aromatic rings. The molecule has 0 aliphatic carbocycles. The molecule has 2 heterocycles.